The molecule has 2 aromatic rings. The standard InChI is InChI=1S/C19H18ClN3OS/c1-11-18(24)23(3)17(22)8-19(11,2)16-7-14(10-25-16)13-4-12(9-21)5-15(20)6-13/h4-7,10-11,22H,8H2,1-3H3/t11-,19-/m0/s1. The number of nitriles is 1. The van der Waals surface area contributed by atoms with E-state index in [1.165, 1.54) is 4.90 Å². The van der Waals surface area contributed by atoms with E-state index in [0.29, 0.717) is 22.8 Å². The van der Waals surface area contributed by atoms with Crippen LogP contribution in [0.1, 0.15) is 30.7 Å². The molecule has 1 N–H and O–H groups in total. The lowest BCUT2D eigenvalue weighted by Crippen LogP contribution is -2.52. The van der Waals surface area contributed by atoms with Gasteiger partial charge in [-0.25, -0.2) is 0 Å². The number of amidine groups is 1. The Morgan fingerprint density at radius 2 is 2.08 bits per heavy atom. The first-order valence-corrected chi connectivity index (χ1v) is 9.17. The van der Waals surface area contributed by atoms with Gasteiger partial charge in [0, 0.05) is 34.7 Å². The Bertz CT molecular complexity index is 914. The highest BCUT2D eigenvalue weighted by Gasteiger charge is 2.45. The molecular formula is C19H18ClN3OS. The van der Waals surface area contributed by atoms with Gasteiger partial charge in [-0.3, -0.25) is 10.2 Å². The van der Waals surface area contributed by atoms with E-state index in [1.807, 2.05) is 31.4 Å². The van der Waals surface area contributed by atoms with E-state index < -0.39 is 5.41 Å². The maximum atomic E-state index is 12.5. The van der Waals surface area contributed by atoms with Crippen LogP contribution in [0.2, 0.25) is 5.02 Å². The summed E-state index contributed by atoms with van der Waals surface area (Å²) in [5.74, 6) is 0.116. The molecular weight excluding hydrogens is 354 g/mol. The van der Waals surface area contributed by atoms with Gasteiger partial charge in [0.25, 0.3) is 0 Å². The van der Waals surface area contributed by atoms with Crippen LogP contribution in [-0.4, -0.2) is 23.7 Å². The monoisotopic (exact) mass is 371 g/mol. The summed E-state index contributed by atoms with van der Waals surface area (Å²) in [6.07, 6.45) is 0.523. The Morgan fingerprint density at radius 3 is 2.76 bits per heavy atom. The summed E-state index contributed by atoms with van der Waals surface area (Å²) in [5.41, 5.74) is 1.98. The lowest BCUT2D eigenvalue weighted by atomic mass is 9.70. The molecule has 1 aromatic carbocycles. The molecule has 0 spiro atoms. The van der Waals surface area contributed by atoms with Crippen molar-refractivity contribution in [1.29, 1.82) is 10.7 Å². The number of hydrogen-bond acceptors (Lipinski definition) is 4. The van der Waals surface area contributed by atoms with E-state index in [4.69, 9.17) is 22.3 Å². The molecule has 6 heteroatoms. The molecule has 128 valence electrons. The Hall–Kier alpha value is -2.16. The molecule has 1 aliphatic heterocycles. The largest absolute Gasteiger partial charge is 0.304 e. The number of carbonyl (C=O) groups excluding carboxylic acids is 1. The lowest BCUT2D eigenvalue weighted by Gasteiger charge is -2.42. The van der Waals surface area contributed by atoms with Crippen molar-refractivity contribution in [2.24, 2.45) is 5.92 Å². The minimum Gasteiger partial charge on any atom is -0.304 e. The number of rotatable bonds is 2. The topological polar surface area (TPSA) is 68.0 Å². The highest BCUT2D eigenvalue weighted by Crippen LogP contribution is 2.44. The van der Waals surface area contributed by atoms with E-state index in [2.05, 4.69) is 12.1 Å². The van der Waals surface area contributed by atoms with Crippen molar-refractivity contribution < 1.29 is 4.79 Å². The molecule has 2 heterocycles. The number of amides is 1. The van der Waals surface area contributed by atoms with Crippen LogP contribution in [0.4, 0.5) is 0 Å². The van der Waals surface area contributed by atoms with Gasteiger partial charge < -0.3 is 4.90 Å². The van der Waals surface area contributed by atoms with Gasteiger partial charge in [0.05, 0.1) is 11.6 Å². The third-order valence-electron chi connectivity index (χ3n) is 5.12. The second-order valence-corrected chi connectivity index (χ2v) is 8.05. The van der Waals surface area contributed by atoms with Crippen LogP contribution in [0.25, 0.3) is 11.1 Å². The summed E-state index contributed by atoms with van der Waals surface area (Å²) in [5, 5.41) is 19.8. The number of carbonyl (C=O) groups is 1. The highest BCUT2D eigenvalue weighted by atomic mass is 35.5. The fraction of sp³-hybridized carbons (Fsp3) is 0.316. The quantitative estimate of drug-likeness (QED) is 0.833. The molecule has 0 bridgehead atoms. The van der Waals surface area contributed by atoms with Crippen LogP contribution in [0.3, 0.4) is 0 Å². The van der Waals surface area contributed by atoms with Crippen molar-refractivity contribution >= 4 is 34.7 Å². The SMILES string of the molecule is C[C@H]1C(=O)N(C)C(=N)C[C@]1(C)c1cc(-c2cc(Cl)cc(C#N)c2)cs1. The van der Waals surface area contributed by atoms with Crippen molar-refractivity contribution in [3.8, 4) is 17.2 Å². The van der Waals surface area contributed by atoms with Gasteiger partial charge in [-0.1, -0.05) is 25.4 Å². The highest BCUT2D eigenvalue weighted by molar-refractivity contribution is 7.10. The maximum absolute atomic E-state index is 12.5. The van der Waals surface area contributed by atoms with Crippen molar-refractivity contribution in [3.63, 3.8) is 0 Å². The van der Waals surface area contributed by atoms with Gasteiger partial charge in [0.2, 0.25) is 5.91 Å². The molecule has 1 fully saturated rings. The zero-order valence-corrected chi connectivity index (χ0v) is 15.8. The summed E-state index contributed by atoms with van der Waals surface area (Å²) in [4.78, 5) is 15.0. The van der Waals surface area contributed by atoms with Crippen LogP contribution in [0.5, 0.6) is 0 Å². The first kappa shape index (κ1) is 17.7. The van der Waals surface area contributed by atoms with Gasteiger partial charge in [-0.05, 0) is 40.8 Å². The molecule has 4 nitrogen and oxygen atoms in total. The summed E-state index contributed by atoms with van der Waals surface area (Å²) in [6, 6.07) is 9.46. The van der Waals surface area contributed by atoms with Gasteiger partial charge in [0.15, 0.2) is 0 Å². The lowest BCUT2D eigenvalue weighted by molar-refractivity contribution is -0.133. The van der Waals surface area contributed by atoms with Crippen molar-refractivity contribution in [2.45, 2.75) is 25.7 Å². The van der Waals surface area contributed by atoms with Crippen molar-refractivity contribution in [1.82, 2.24) is 4.90 Å². The average Bonchev–Trinajstić information content (AvgIpc) is 3.08. The minimum absolute atomic E-state index is 0.0248. The number of benzene rings is 1. The number of hydrogen-bond donors (Lipinski definition) is 1. The smallest absolute Gasteiger partial charge is 0.231 e. The Labute approximate surface area is 156 Å². The summed E-state index contributed by atoms with van der Waals surface area (Å²) < 4.78 is 0. The molecule has 0 saturated carbocycles. The van der Waals surface area contributed by atoms with Gasteiger partial charge in [-0.2, -0.15) is 5.26 Å². The molecule has 1 aromatic heterocycles. The van der Waals surface area contributed by atoms with Crippen LogP contribution in [0, 0.1) is 22.7 Å². The van der Waals surface area contributed by atoms with Gasteiger partial charge in [0.1, 0.15) is 5.84 Å². The Morgan fingerprint density at radius 1 is 1.36 bits per heavy atom. The van der Waals surface area contributed by atoms with E-state index in [-0.39, 0.29) is 11.8 Å². The van der Waals surface area contributed by atoms with E-state index in [9.17, 15) is 4.79 Å². The second-order valence-electron chi connectivity index (χ2n) is 6.70. The van der Waals surface area contributed by atoms with Crippen molar-refractivity contribution in [3.05, 3.63) is 45.1 Å². The van der Waals surface area contributed by atoms with Crippen LogP contribution in [0.15, 0.2) is 29.6 Å². The summed E-state index contributed by atoms with van der Waals surface area (Å²) in [7, 11) is 1.66. The maximum Gasteiger partial charge on any atom is 0.231 e. The number of halogens is 1. The van der Waals surface area contributed by atoms with E-state index in [1.54, 1.807) is 24.5 Å². The van der Waals surface area contributed by atoms with Gasteiger partial charge in [-0.15, -0.1) is 11.3 Å². The average molecular weight is 372 g/mol. The first-order valence-electron chi connectivity index (χ1n) is 7.91. The normalized spacial score (nSPS) is 23.6. The molecule has 0 unspecified atom stereocenters. The number of nitrogens with one attached hydrogen (secondary N) is 1. The van der Waals surface area contributed by atoms with E-state index in [0.717, 1.165) is 16.0 Å². The predicted octanol–water partition coefficient (Wildman–Crippen LogP) is 4.67. The Balaban J connectivity index is 2.01. The summed E-state index contributed by atoms with van der Waals surface area (Å²) in [6.45, 7) is 3.98. The third-order valence-corrected chi connectivity index (χ3v) is 6.55. The molecule has 1 saturated heterocycles. The molecule has 1 amide bonds. The fourth-order valence-electron chi connectivity index (χ4n) is 3.22. The predicted molar refractivity (Wildman–Crippen MR) is 101 cm³/mol. The number of nitrogens with zero attached hydrogens (tertiary/aromatic N) is 2. The molecule has 25 heavy (non-hydrogen) atoms. The molecule has 2 atom stereocenters. The molecule has 1 aliphatic rings. The van der Waals surface area contributed by atoms with Crippen LogP contribution >= 0.6 is 22.9 Å². The van der Waals surface area contributed by atoms with E-state index >= 15 is 0 Å². The molecule has 0 aliphatic carbocycles. The number of thiophene rings is 1. The Kier molecular flexibility index (Phi) is 4.44. The number of piperidine rings is 1. The van der Waals surface area contributed by atoms with Gasteiger partial charge >= 0.3 is 0 Å². The summed E-state index contributed by atoms with van der Waals surface area (Å²) >= 11 is 7.70. The van der Waals surface area contributed by atoms with Crippen molar-refractivity contribution in [2.75, 3.05) is 7.05 Å². The third kappa shape index (κ3) is 2.97. The van der Waals surface area contributed by atoms with Crippen LogP contribution in [-0.2, 0) is 10.2 Å². The zero-order chi connectivity index (χ0) is 18.4. The van der Waals surface area contributed by atoms with Crippen LogP contribution < -0.4 is 0 Å². The first-order chi connectivity index (χ1) is 11.8. The fourth-order valence-corrected chi connectivity index (χ4v) is 4.63. The number of likely N-dealkylation sites (tertiary alicyclic amines) is 1. The molecule has 3 rings (SSSR count). The molecule has 0 radical (unpaired) electrons. The second kappa shape index (κ2) is 6.29. The zero-order valence-electron chi connectivity index (χ0n) is 14.3. The minimum atomic E-state index is -0.403.